The van der Waals surface area contributed by atoms with E-state index in [1.807, 2.05) is 12.1 Å². The molecule has 4 aliphatic heterocycles. The molecule has 5 rings (SSSR count). The number of piperidine rings is 3. The lowest BCUT2D eigenvalue weighted by Gasteiger charge is -2.50. The molecule has 2 bridgehead atoms. The number of hydrogen-bond donors (Lipinski definition) is 1. The first kappa shape index (κ1) is 9.66. The van der Waals surface area contributed by atoms with Crippen molar-refractivity contribution < 1.29 is 4.79 Å². The predicted octanol–water partition coefficient (Wildman–Crippen LogP) is 1.60. The van der Waals surface area contributed by atoms with Gasteiger partial charge in [0.1, 0.15) is 0 Å². The maximum Gasteiger partial charge on any atom is 0.236 e. The maximum atomic E-state index is 12.5. The van der Waals surface area contributed by atoms with Crippen molar-refractivity contribution in [2.24, 2.45) is 5.92 Å². The van der Waals surface area contributed by atoms with Crippen LogP contribution < -0.4 is 5.32 Å². The van der Waals surface area contributed by atoms with Crippen molar-refractivity contribution in [3.05, 3.63) is 29.8 Å². The molecule has 1 N–H and O–H groups in total. The number of anilines is 1. The highest BCUT2D eigenvalue weighted by atomic mass is 16.2. The molecule has 0 saturated carbocycles. The van der Waals surface area contributed by atoms with Crippen LogP contribution >= 0.6 is 0 Å². The molecule has 4 aliphatic rings. The van der Waals surface area contributed by atoms with E-state index in [-0.39, 0.29) is 11.3 Å². The second-order valence-corrected chi connectivity index (χ2v) is 5.52. The number of hydrogen-bond acceptors (Lipinski definition) is 2. The molecular weight excluding hydrogens is 212 g/mol. The average molecular weight is 228 g/mol. The summed E-state index contributed by atoms with van der Waals surface area (Å²) in [6.07, 6.45) is 2.34. The first-order chi connectivity index (χ1) is 8.30. The number of amides is 1. The minimum Gasteiger partial charge on any atom is -0.325 e. The zero-order chi connectivity index (χ0) is 11.5. The maximum absolute atomic E-state index is 12.5. The molecule has 1 atom stereocenters. The number of fused-ring (bicyclic) bond motifs is 3. The van der Waals surface area contributed by atoms with Crippen molar-refractivity contribution in [1.82, 2.24) is 4.90 Å². The Bertz CT molecular complexity index is 491. The quantitative estimate of drug-likeness (QED) is 0.731. The van der Waals surface area contributed by atoms with E-state index in [1.165, 1.54) is 31.5 Å². The lowest BCUT2D eigenvalue weighted by molar-refractivity contribution is -0.128. The zero-order valence-electron chi connectivity index (χ0n) is 9.78. The van der Waals surface area contributed by atoms with Gasteiger partial charge in [0.15, 0.2) is 0 Å². The van der Waals surface area contributed by atoms with E-state index >= 15 is 0 Å². The number of para-hydroxylation sites is 1. The lowest BCUT2D eigenvalue weighted by atomic mass is 9.63. The molecule has 4 heterocycles. The minimum absolute atomic E-state index is 0.230. The Morgan fingerprint density at radius 3 is 2.71 bits per heavy atom. The number of rotatable bonds is 0. The summed E-state index contributed by atoms with van der Waals surface area (Å²) in [5, 5.41) is 3.08. The summed E-state index contributed by atoms with van der Waals surface area (Å²) in [4.78, 5) is 14.9. The molecular formula is C14H16N2O. The van der Waals surface area contributed by atoms with E-state index in [9.17, 15) is 4.79 Å². The summed E-state index contributed by atoms with van der Waals surface area (Å²) < 4.78 is 0. The Morgan fingerprint density at radius 1 is 1.24 bits per heavy atom. The Morgan fingerprint density at radius 2 is 2.00 bits per heavy atom. The molecule has 0 aliphatic carbocycles. The van der Waals surface area contributed by atoms with Gasteiger partial charge in [0.25, 0.3) is 0 Å². The van der Waals surface area contributed by atoms with E-state index in [2.05, 4.69) is 22.3 Å². The first-order valence-electron chi connectivity index (χ1n) is 6.44. The molecule has 3 nitrogen and oxygen atoms in total. The highest BCUT2D eigenvalue weighted by molar-refractivity contribution is 6.06. The summed E-state index contributed by atoms with van der Waals surface area (Å²) in [7, 11) is 0. The van der Waals surface area contributed by atoms with Gasteiger partial charge in [-0.05, 0) is 43.5 Å². The number of carbonyl (C=O) groups is 1. The van der Waals surface area contributed by atoms with E-state index in [0.717, 1.165) is 12.2 Å². The van der Waals surface area contributed by atoms with Gasteiger partial charge < -0.3 is 10.2 Å². The molecule has 1 spiro atoms. The fourth-order valence-electron chi connectivity index (χ4n) is 3.97. The third-order valence-corrected chi connectivity index (χ3v) is 4.82. The molecule has 1 aromatic carbocycles. The standard InChI is InChI=1S/C14H16N2O/c17-13-14(9-16-7-5-10(14)6-8-16)11-3-1-2-4-12(11)15-13/h1-4,10H,5-9H2,(H,15,17). The summed E-state index contributed by atoms with van der Waals surface area (Å²) in [5.41, 5.74) is 2.03. The van der Waals surface area contributed by atoms with Crippen LogP contribution in [0, 0.1) is 5.92 Å². The molecule has 1 aromatic rings. The summed E-state index contributed by atoms with van der Waals surface area (Å²) in [6, 6.07) is 8.21. The topological polar surface area (TPSA) is 32.3 Å². The van der Waals surface area contributed by atoms with Gasteiger partial charge in [-0.3, -0.25) is 4.79 Å². The molecule has 3 heteroatoms. The average Bonchev–Trinajstić information content (AvgIpc) is 2.65. The summed E-state index contributed by atoms with van der Waals surface area (Å²) in [5.74, 6) is 0.768. The molecule has 3 saturated heterocycles. The van der Waals surface area contributed by atoms with Crippen LogP contribution in [0.3, 0.4) is 0 Å². The molecule has 0 aromatic heterocycles. The second kappa shape index (κ2) is 3.10. The molecule has 1 amide bonds. The number of benzene rings is 1. The van der Waals surface area contributed by atoms with E-state index < -0.39 is 0 Å². The number of nitrogens with zero attached hydrogens (tertiary/aromatic N) is 1. The van der Waals surface area contributed by atoms with Crippen LogP contribution in [-0.4, -0.2) is 30.4 Å². The molecule has 0 radical (unpaired) electrons. The number of nitrogens with one attached hydrogen (secondary N) is 1. The second-order valence-electron chi connectivity index (χ2n) is 5.52. The minimum atomic E-state index is -0.243. The van der Waals surface area contributed by atoms with Gasteiger partial charge in [0.05, 0.1) is 5.41 Å². The monoisotopic (exact) mass is 228 g/mol. The highest BCUT2D eigenvalue weighted by Gasteiger charge is 2.56. The largest absolute Gasteiger partial charge is 0.325 e. The Hall–Kier alpha value is -1.35. The van der Waals surface area contributed by atoms with Crippen LogP contribution in [-0.2, 0) is 10.2 Å². The van der Waals surface area contributed by atoms with E-state index in [4.69, 9.17) is 0 Å². The highest BCUT2D eigenvalue weighted by Crippen LogP contribution is 2.50. The normalized spacial score (nSPS) is 38.2. The van der Waals surface area contributed by atoms with Crippen LogP contribution in [0.1, 0.15) is 18.4 Å². The van der Waals surface area contributed by atoms with Crippen LogP contribution in [0.15, 0.2) is 24.3 Å². The van der Waals surface area contributed by atoms with Gasteiger partial charge in [-0.15, -0.1) is 0 Å². The van der Waals surface area contributed by atoms with Gasteiger partial charge in [-0.2, -0.15) is 0 Å². The lowest BCUT2D eigenvalue weighted by Crippen LogP contribution is -2.60. The van der Waals surface area contributed by atoms with E-state index in [1.54, 1.807) is 0 Å². The zero-order valence-corrected chi connectivity index (χ0v) is 9.78. The fourth-order valence-corrected chi connectivity index (χ4v) is 3.97. The van der Waals surface area contributed by atoms with Gasteiger partial charge in [-0.25, -0.2) is 0 Å². The summed E-state index contributed by atoms with van der Waals surface area (Å²) >= 11 is 0. The van der Waals surface area contributed by atoms with Crippen LogP contribution in [0.2, 0.25) is 0 Å². The van der Waals surface area contributed by atoms with Gasteiger partial charge in [-0.1, -0.05) is 18.2 Å². The van der Waals surface area contributed by atoms with Crippen molar-refractivity contribution in [3.8, 4) is 0 Å². The van der Waals surface area contributed by atoms with Crippen molar-refractivity contribution in [1.29, 1.82) is 0 Å². The van der Waals surface area contributed by atoms with E-state index in [0.29, 0.717) is 5.92 Å². The van der Waals surface area contributed by atoms with Crippen LogP contribution in [0.5, 0.6) is 0 Å². The van der Waals surface area contributed by atoms with Crippen LogP contribution in [0.4, 0.5) is 5.69 Å². The Balaban J connectivity index is 1.90. The SMILES string of the molecule is O=C1Nc2ccccc2C12CN1CCC2CC1. The van der Waals surface area contributed by atoms with Crippen molar-refractivity contribution in [3.63, 3.8) is 0 Å². The van der Waals surface area contributed by atoms with Crippen molar-refractivity contribution in [2.45, 2.75) is 18.3 Å². The predicted molar refractivity (Wildman–Crippen MR) is 65.9 cm³/mol. The Labute approximate surface area is 101 Å². The first-order valence-corrected chi connectivity index (χ1v) is 6.44. The van der Waals surface area contributed by atoms with Crippen LogP contribution in [0.25, 0.3) is 0 Å². The molecule has 88 valence electrons. The molecule has 3 fully saturated rings. The summed E-state index contributed by atoms with van der Waals surface area (Å²) in [6.45, 7) is 3.25. The fraction of sp³-hybridized carbons (Fsp3) is 0.500. The molecule has 1 unspecified atom stereocenters. The third kappa shape index (κ3) is 1.08. The smallest absolute Gasteiger partial charge is 0.236 e. The van der Waals surface area contributed by atoms with Gasteiger partial charge in [0, 0.05) is 12.2 Å². The third-order valence-electron chi connectivity index (χ3n) is 4.82. The van der Waals surface area contributed by atoms with Gasteiger partial charge in [0.2, 0.25) is 5.91 Å². The van der Waals surface area contributed by atoms with Crippen molar-refractivity contribution >= 4 is 11.6 Å². The number of carbonyl (C=O) groups excluding carboxylic acids is 1. The Kier molecular flexibility index (Phi) is 1.76. The van der Waals surface area contributed by atoms with Gasteiger partial charge >= 0.3 is 0 Å². The van der Waals surface area contributed by atoms with Crippen molar-refractivity contribution in [2.75, 3.05) is 25.0 Å². The molecule has 17 heavy (non-hydrogen) atoms.